The van der Waals surface area contributed by atoms with Gasteiger partial charge in [0.2, 0.25) is 8.32 Å². The van der Waals surface area contributed by atoms with Gasteiger partial charge in [-0.1, -0.05) is 18.2 Å². The maximum atomic E-state index is 11.6. The molecule has 4 heteroatoms. The highest BCUT2D eigenvalue weighted by molar-refractivity contribution is 6.84. The largest absolute Gasteiger partial charge is 0.462 e. The quantitative estimate of drug-likeness (QED) is 0.621. The number of ether oxygens (including phenoxy) is 1. The maximum Gasteiger partial charge on any atom is 0.338 e. The Kier molecular flexibility index (Phi) is 3.65. The minimum absolute atomic E-state index is 0.348. The van der Waals surface area contributed by atoms with Crippen molar-refractivity contribution >= 4 is 19.5 Å². The average molecular weight is 224 g/mol. The van der Waals surface area contributed by atoms with Crippen LogP contribution in [-0.2, 0) is 4.74 Å². The molecule has 1 N–H and O–H groups in total. The molecular formula is C11H16O3Si. The Morgan fingerprint density at radius 3 is 2.53 bits per heavy atom. The first-order chi connectivity index (χ1) is 6.96. The van der Waals surface area contributed by atoms with E-state index in [0.717, 1.165) is 5.19 Å². The number of rotatable bonds is 3. The predicted molar refractivity (Wildman–Crippen MR) is 61.7 cm³/mol. The number of hydrogen-bond acceptors (Lipinski definition) is 3. The molecule has 82 valence electrons. The molecule has 0 saturated carbocycles. The van der Waals surface area contributed by atoms with Gasteiger partial charge in [0.05, 0.1) is 12.2 Å². The zero-order chi connectivity index (χ0) is 11.5. The zero-order valence-corrected chi connectivity index (χ0v) is 10.3. The van der Waals surface area contributed by atoms with Gasteiger partial charge in [-0.15, -0.1) is 0 Å². The zero-order valence-electron chi connectivity index (χ0n) is 9.28. The molecule has 0 saturated heterocycles. The van der Waals surface area contributed by atoms with Crippen LogP contribution in [0.1, 0.15) is 17.3 Å². The summed E-state index contributed by atoms with van der Waals surface area (Å²) in [4.78, 5) is 21.6. The average Bonchev–Trinajstić information content (AvgIpc) is 2.17. The normalized spacial score (nSPS) is 11.2. The van der Waals surface area contributed by atoms with E-state index in [2.05, 4.69) is 0 Å². The fourth-order valence-electron chi connectivity index (χ4n) is 1.40. The lowest BCUT2D eigenvalue weighted by Gasteiger charge is -2.17. The molecule has 0 atom stereocenters. The van der Waals surface area contributed by atoms with Crippen LogP contribution in [0.5, 0.6) is 0 Å². The fraction of sp³-hybridized carbons (Fsp3) is 0.364. The molecule has 0 aliphatic carbocycles. The number of carbonyl (C=O) groups is 1. The predicted octanol–water partition coefficient (Wildman–Crippen LogP) is 1.27. The van der Waals surface area contributed by atoms with Crippen LogP contribution < -0.4 is 5.19 Å². The summed E-state index contributed by atoms with van der Waals surface area (Å²) in [5.41, 5.74) is 0.485. The molecule has 0 heterocycles. The van der Waals surface area contributed by atoms with Crippen molar-refractivity contribution in [3.63, 3.8) is 0 Å². The topological polar surface area (TPSA) is 46.5 Å². The third-order valence-corrected chi connectivity index (χ3v) is 3.84. The van der Waals surface area contributed by atoms with E-state index in [-0.39, 0.29) is 5.97 Å². The molecule has 0 aliphatic rings. The van der Waals surface area contributed by atoms with Crippen LogP contribution in [0.3, 0.4) is 0 Å². The number of esters is 1. The molecule has 0 aromatic heterocycles. The van der Waals surface area contributed by atoms with Crippen molar-refractivity contribution in [1.82, 2.24) is 0 Å². The maximum absolute atomic E-state index is 11.6. The molecule has 0 unspecified atom stereocenters. The van der Waals surface area contributed by atoms with E-state index < -0.39 is 8.32 Å². The van der Waals surface area contributed by atoms with E-state index in [9.17, 15) is 9.59 Å². The van der Waals surface area contributed by atoms with E-state index in [1.165, 1.54) is 0 Å². The van der Waals surface area contributed by atoms with Gasteiger partial charge in [-0.05, 0) is 31.3 Å². The van der Waals surface area contributed by atoms with Gasteiger partial charge >= 0.3 is 5.97 Å². The summed E-state index contributed by atoms with van der Waals surface area (Å²) in [6, 6.07) is 7.08. The lowest BCUT2D eigenvalue weighted by Crippen LogP contribution is -2.44. The number of hydrogen-bond donors (Lipinski definition) is 1. The van der Waals surface area contributed by atoms with Crippen LogP contribution in [0, 0.1) is 0 Å². The first-order valence-corrected chi connectivity index (χ1v) is 7.90. The molecular weight excluding hydrogens is 208 g/mol. The second-order valence-corrected chi connectivity index (χ2v) is 7.48. The van der Waals surface area contributed by atoms with Crippen molar-refractivity contribution in [1.29, 1.82) is 0 Å². The van der Waals surface area contributed by atoms with Gasteiger partial charge < -0.3 is 9.53 Å². The Morgan fingerprint density at radius 2 is 2.00 bits per heavy atom. The van der Waals surface area contributed by atoms with Gasteiger partial charge in [-0.3, -0.25) is 0 Å². The Bertz CT molecular complexity index is 355. The Morgan fingerprint density at radius 1 is 1.40 bits per heavy atom. The monoisotopic (exact) mass is 224 g/mol. The highest BCUT2D eigenvalue weighted by atomic mass is 28.4. The molecule has 0 fully saturated rings. The van der Waals surface area contributed by atoms with Crippen LogP contribution in [-0.4, -0.2) is 25.7 Å². The van der Waals surface area contributed by atoms with Crippen LogP contribution in [0.15, 0.2) is 24.3 Å². The van der Waals surface area contributed by atoms with Crippen molar-refractivity contribution in [3.8, 4) is 0 Å². The first-order valence-electron chi connectivity index (χ1n) is 4.95. The van der Waals surface area contributed by atoms with Gasteiger partial charge in [0.1, 0.15) is 0 Å². The van der Waals surface area contributed by atoms with Crippen molar-refractivity contribution in [2.75, 3.05) is 6.61 Å². The lowest BCUT2D eigenvalue weighted by molar-refractivity contribution is 0.0527. The molecule has 1 rings (SSSR count). The van der Waals surface area contributed by atoms with Gasteiger partial charge in [0, 0.05) is 0 Å². The van der Waals surface area contributed by atoms with Gasteiger partial charge in [-0.2, -0.15) is 0 Å². The minimum Gasteiger partial charge on any atom is -0.462 e. The van der Waals surface area contributed by atoms with Crippen molar-refractivity contribution in [2.24, 2.45) is 0 Å². The van der Waals surface area contributed by atoms with Gasteiger partial charge in [-0.25, -0.2) is 4.79 Å². The third kappa shape index (κ3) is 2.91. The lowest BCUT2D eigenvalue weighted by atomic mass is 10.2. The standard InChI is InChI=1S/C11H16O3Si/c1-4-14-11(12)9-7-5-6-8-10(9)15(2,3)13/h5-8,13H,4H2,1-3H3. The van der Waals surface area contributed by atoms with Gasteiger partial charge in [0.15, 0.2) is 0 Å². The fourth-order valence-corrected chi connectivity index (χ4v) is 2.75. The molecule has 0 radical (unpaired) electrons. The molecule has 0 spiro atoms. The summed E-state index contributed by atoms with van der Waals surface area (Å²) in [5, 5.41) is 0.725. The van der Waals surface area contributed by atoms with E-state index in [1.54, 1.807) is 38.2 Å². The molecule has 0 aliphatic heterocycles. The third-order valence-electron chi connectivity index (χ3n) is 2.08. The summed E-state index contributed by atoms with van der Waals surface area (Å²) in [7, 11) is -2.47. The molecule has 1 aromatic carbocycles. The smallest absolute Gasteiger partial charge is 0.338 e. The van der Waals surface area contributed by atoms with E-state index in [0.29, 0.717) is 12.2 Å². The van der Waals surface area contributed by atoms with Gasteiger partial charge in [0.25, 0.3) is 0 Å². The SMILES string of the molecule is CCOC(=O)c1ccccc1[Si](C)(C)O. The molecule has 15 heavy (non-hydrogen) atoms. The number of carbonyl (C=O) groups excluding carboxylic acids is 1. The molecule has 0 amide bonds. The minimum atomic E-state index is -2.47. The van der Waals surface area contributed by atoms with E-state index >= 15 is 0 Å². The highest BCUT2D eigenvalue weighted by Crippen LogP contribution is 2.06. The summed E-state index contributed by atoms with van der Waals surface area (Å²) in [6.45, 7) is 5.68. The first kappa shape index (κ1) is 11.9. The second kappa shape index (κ2) is 4.59. The second-order valence-electron chi connectivity index (χ2n) is 3.83. The Hall–Kier alpha value is -1.13. The Balaban J connectivity index is 3.12. The highest BCUT2D eigenvalue weighted by Gasteiger charge is 2.26. The summed E-state index contributed by atoms with van der Waals surface area (Å²) >= 11 is 0. The van der Waals surface area contributed by atoms with Crippen LogP contribution in [0.2, 0.25) is 13.1 Å². The van der Waals surface area contributed by atoms with Crippen LogP contribution in [0.4, 0.5) is 0 Å². The van der Waals surface area contributed by atoms with E-state index in [1.807, 2.05) is 6.07 Å². The molecule has 0 bridgehead atoms. The van der Waals surface area contributed by atoms with Crippen LogP contribution in [0.25, 0.3) is 0 Å². The van der Waals surface area contributed by atoms with Crippen molar-refractivity contribution in [3.05, 3.63) is 29.8 Å². The van der Waals surface area contributed by atoms with E-state index in [4.69, 9.17) is 4.74 Å². The van der Waals surface area contributed by atoms with Crippen molar-refractivity contribution < 1.29 is 14.3 Å². The van der Waals surface area contributed by atoms with Crippen LogP contribution >= 0.6 is 0 Å². The summed E-state index contributed by atoms with van der Waals surface area (Å²) in [5.74, 6) is -0.359. The summed E-state index contributed by atoms with van der Waals surface area (Å²) < 4.78 is 4.94. The Labute approximate surface area is 90.8 Å². The summed E-state index contributed by atoms with van der Waals surface area (Å²) in [6.07, 6.45) is 0. The number of benzene rings is 1. The molecule has 1 aromatic rings. The van der Waals surface area contributed by atoms with Crippen molar-refractivity contribution in [2.45, 2.75) is 20.0 Å². The molecule has 3 nitrogen and oxygen atoms in total.